The quantitative estimate of drug-likeness (QED) is 0.517. The average molecular weight is 444 g/mol. The first-order chi connectivity index (χ1) is 14.5. The van der Waals surface area contributed by atoms with Crippen LogP contribution in [-0.4, -0.2) is 34.9 Å². The third kappa shape index (κ3) is 2.68. The van der Waals surface area contributed by atoms with E-state index in [0.717, 1.165) is 30.0 Å². The van der Waals surface area contributed by atoms with E-state index in [2.05, 4.69) is 4.18 Å². The Kier molecular flexibility index (Phi) is 3.84. The van der Waals surface area contributed by atoms with Crippen LogP contribution in [0, 0.1) is 0 Å². The van der Waals surface area contributed by atoms with E-state index in [1.165, 1.54) is 12.1 Å². The Morgan fingerprint density at radius 3 is 2.65 bits per heavy atom. The van der Waals surface area contributed by atoms with Crippen molar-refractivity contribution >= 4 is 32.9 Å². The van der Waals surface area contributed by atoms with E-state index in [-0.39, 0.29) is 22.1 Å². The zero-order chi connectivity index (χ0) is 22.3. The van der Waals surface area contributed by atoms with Gasteiger partial charge in [0.15, 0.2) is 11.5 Å². The fourth-order valence-electron chi connectivity index (χ4n) is 4.91. The van der Waals surface area contributed by atoms with Crippen molar-refractivity contribution in [2.75, 3.05) is 0 Å². The molecule has 0 fully saturated rings. The van der Waals surface area contributed by atoms with Gasteiger partial charge in [0.25, 0.3) is 0 Å². The van der Waals surface area contributed by atoms with Gasteiger partial charge in [0.05, 0.1) is 6.26 Å². The molecule has 0 aliphatic heterocycles. The zero-order valence-electron chi connectivity index (χ0n) is 16.1. The van der Waals surface area contributed by atoms with E-state index < -0.39 is 44.6 Å². The van der Waals surface area contributed by atoms with Crippen LogP contribution in [0.3, 0.4) is 0 Å². The SMILES string of the molecule is CC12CCCc3coc(c31)C(=O)c1cc3c(O)c(C(=O)O)cc(OS(=O)(=O)O)c3cc12. The van der Waals surface area contributed by atoms with E-state index >= 15 is 0 Å². The average Bonchev–Trinajstić information content (AvgIpc) is 3.12. The Balaban J connectivity index is 1.89. The summed E-state index contributed by atoms with van der Waals surface area (Å²) in [6.07, 6.45) is 3.88. The van der Waals surface area contributed by atoms with Crippen LogP contribution in [0.15, 0.2) is 28.9 Å². The molecule has 3 N–H and O–H groups in total. The van der Waals surface area contributed by atoms with Crippen molar-refractivity contribution in [1.29, 1.82) is 0 Å². The molecular weight excluding hydrogens is 428 g/mol. The maximum Gasteiger partial charge on any atom is 0.446 e. The molecule has 1 aromatic heterocycles. The smallest absolute Gasteiger partial charge is 0.446 e. The normalized spacial score (nSPS) is 19.7. The summed E-state index contributed by atoms with van der Waals surface area (Å²) in [7, 11) is -4.98. The van der Waals surface area contributed by atoms with Crippen LogP contribution < -0.4 is 4.18 Å². The summed E-state index contributed by atoms with van der Waals surface area (Å²) in [6, 6.07) is 3.65. The predicted octanol–water partition coefficient (Wildman–Crippen LogP) is 3.20. The topological polar surface area (TPSA) is 151 Å². The molecule has 0 radical (unpaired) electrons. The Bertz CT molecular complexity index is 1430. The summed E-state index contributed by atoms with van der Waals surface area (Å²) in [5.41, 5.74) is 1.28. The summed E-state index contributed by atoms with van der Waals surface area (Å²) >= 11 is 0. The van der Waals surface area contributed by atoms with Gasteiger partial charge in [-0.05, 0) is 42.5 Å². The summed E-state index contributed by atoms with van der Waals surface area (Å²) in [5.74, 6) is -2.86. The van der Waals surface area contributed by atoms with Gasteiger partial charge < -0.3 is 18.8 Å². The molecule has 0 saturated heterocycles. The lowest BCUT2D eigenvalue weighted by Crippen LogP contribution is -2.35. The minimum atomic E-state index is -4.98. The number of furan rings is 1. The van der Waals surface area contributed by atoms with Gasteiger partial charge in [0.2, 0.25) is 5.78 Å². The number of benzene rings is 2. The van der Waals surface area contributed by atoms with Crippen LogP contribution >= 0.6 is 0 Å². The number of ketones is 1. The fraction of sp³-hybridized carbons (Fsp3) is 0.238. The molecule has 0 spiro atoms. The lowest BCUT2D eigenvalue weighted by atomic mass is 9.63. The van der Waals surface area contributed by atoms with E-state index in [1.54, 1.807) is 6.26 Å². The highest BCUT2D eigenvalue weighted by molar-refractivity contribution is 7.81. The number of rotatable bonds is 3. The van der Waals surface area contributed by atoms with Gasteiger partial charge in [-0.2, -0.15) is 8.42 Å². The number of carboxylic acids is 1. The van der Waals surface area contributed by atoms with Crippen molar-refractivity contribution in [2.24, 2.45) is 0 Å². The lowest BCUT2D eigenvalue weighted by molar-refractivity contribution is 0.0693. The third-order valence-electron chi connectivity index (χ3n) is 6.22. The van der Waals surface area contributed by atoms with Gasteiger partial charge in [0.1, 0.15) is 11.3 Å². The van der Waals surface area contributed by atoms with Gasteiger partial charge in [0, 0.05) is 33.4 Å². The van der Waals surface area contributed by atoms with E-state index in [0.29, 0.717) is 12.0 Å². The van der Waals surface area contributed by atoms with Crippen molar-refractivity contribution in [3.05, 3.63) is 58.0 Å². The fourth-order valence-corrected chi connectivity index (χ4v) is 5.28. The Hall–Kier alpha value is -3.37. The first-order valence-electron chi connectivity index (χ1n) is 9.41. The number of carbonyl (C=O) groups is 2. The number of aromatic carboxylic acids is 1. The maximum absolute atomic E-state index is 13.2. The molecule has 3 aromatic rings. The second-order valence-corrected chi connectivity index (χ2v) is 9.03. The molecule has 2 aromatic carbocycles. The van der Waals surface area contributed by atoms with E-state index in [4.69, 9.17) is 4.42 Å². The standard InChI is InChI=1S/C21H16O9S/c1-21-4-2-3-9-8-29-19(16(9)21)18(23)12-5-11-10(6-14(12)21)15(30-31(26,27)28)7-13(17(11)22)20(24)25/h5-8,22H,2-4H2,1H3,(H,24,25)(H,26,27,28). The van der Waals surface area contributed by atoms with Crippen LogP contribution in [0.4, 0.5) is 0 Å². The van der Waals surface area contributed by atoms with Crippen molar-refractivity contribution in [1.82, 2.24) is 0 Å². The first-order valence-corrected chi connectivity index (χ1v) is 10.8. The molecule has 2 aliphatic rings. The first kappa shape index (κ1) is 19.6. The molecular formula is C21H16O9S. The zero-order valence-corrected chi connectivity index (χ0v) is 16.9. The number of aryl methyl sites for hydroxylation is 1. The summed E-state index contributed by atoms with van der Waals surface area (Å²) in [6.45, 7) is 1.95. The molecule has 1 unspecified atom stereocenters. The molecule has 10 heteroatoms. The largest absolute Gasteiger partial charge is 0.506 e. The van der Waals surface area contributed by atoms with Crippen LogP contribution in [0.25, 0.3) is 10.8 Å². The van der Waals surface area contributed by atoms with Gasteiger partial charge in [-0.3, -0.25) is 9.35 Å². The molecule has 1 atom stereocenters. The summed E-state index contributed by atoms with van der Waals surface area (Å²) < 4.78 is 42.1. The van der Waals surface area contributed by atoms with Crippen molar-refractivity contribution < 1.29 is 41.4 Å². The highest BCUT2D eigenvalue weighted by atomic mass is 32.3. The van der Waals surface area contributed by atoms with Crippen LogP contribution in [0.1, 0.15) is 62.9 Å². The summed E-state index contributed by atoms with van der Waals surface area (Å²) in [4.78, 5) is 24.7. The molecule has 31 heavy (non-hydrogen) atoms. The highest BCUT2D eigenvalue weighted by Crippen LogP contribution is 2.51. The number of hydrogen-bond acceptors (Lipinski definition) is 7. The molecule has 0 amide bonds. The van der Waals surface area contributed by atoms with Crippen molar-refractivity contribution in [2.45, 2.75) is 31.6 Å². The molecule has 160 valence electrons. The second kappa shape index (κ2) is 6.08. The molecule has 0 saturated carbocycles. The Morgan fingerprint density at radius 2 is 1.97 bits per heavy atom. The van der Waals surface area contributed by atoms with Gasteiger partial charge in [-0.1, -0.05) is 6.92 Å². The number of carbonyl (C=O) groups excluding carboxylic acids is 1. The minimum Gasteiger partial charge on any atom is -0.506 e. The van der Waals surface area contributed by atoms with E-state index in [9.17, 15) is 32.8 Å². The Morgan fingerprint density at radius 1 is 1.23 bits per heavy atom. The van der Waals surface area contributed by atoms with Gasteiger partial charge in [-0.15, -0.1) is 0 Å². The number of fused-ring (bicyclic) bond motifs is 3. The maximum atomic E-state index is 13.2. The number of aromatic hydroxyl groups is 1. The molecule has 5 rings (SSSR count). The predicted molar refractivity (Wildman–Crippen MR) is 106 cm³/mol. The highest BCUT2D eigenvalue weighted by Gasteiger charge is 2.46. The van der Waals surface area contributed by atoms with E-state index in [1.807, 2.05) is 6.92 Å². The van der Waals surface area contributed by atoms with Crippen LogP contribution in [0.5, 0.6) is 11.5 Å². The van der Waals surface area contributed by atoms with Crippen LogP contribution in [0.2, 0.25) is 0 Å². The summed E-state index contributed by atoms with van der Waals surface area (Å²) in [5, 5.41) is 19.9. The van der Waals surface area contributed by atoms with Gasteiger partial charge in [-0.25, -0.2) is 4.79 Å². The number of carboxylic acid groups (broad SMARTS) is 1. The third-order valence-corrected chi connectivity index (χ3v) is 6.61. The van der Waals surface area contributed by atoms with Crippen molar-refractivity contribution in [3.8, 4) is 11.5 Å². The number of phenols is 1. The second-order valence-electron chi connectivity index (χ2n) is 8.01. The number of hydrogen-bond donors (Lipinski definition) is 3. The molecule has 2 aliphatic carbocycles. The Labute approximate surface area is 175 Å². The van der Waals surface area contributed by atoms with Crippen LogP contribution in [-0.2, 0) is 22.2 Å². The lowest BCUT2D eigenvalue weighted by Gasteiger charge is -2.39. The molecule has 1 heterocycles. The minimum absolute atomic E-state index is 0.0481. The van der Waals surface area contributed by atoms with Gasteiger partial charge >= 0.3 is 16.4 Å². The van der Waals surface area contributed by atoms with Crippen molar-refractivity contribution in [3.63, 3.8) is 0 Å². The monoisotopic (exact) mass is 444 g/mol. The molecule has 0 bridgehead atoms. The molecule has 9 nitrogen and oxygen atoms in total.